The van der Waals surface area contributed by atoms with Gasteiger partial charge in [0, 0.05) is 11.8 Å². The molecule has 0 fully saturated rings. The molecule has 25 heavy (non-hydrogen) atoms. The average molecular weight is 395 g/mol. The number of H-pyrrole nitrogens is 1. The number of alkyl halides is 2. The first-order valence-electron chi connectivity index (χ1n) is 7.19. The molecule has 0 saturated carbocycles. The molecule has 0 aliphatic heterocycles. The van der Waals surface area contributed by atoms with Crippen LogP contribution in [0.3, 0.4) is 0 Å². The Balaban J connectivity index is 1.77. The van der Waals surface area contributed by atoms with Crippen LogP contribution in [0.25, 0.3) is 5.69 Å². The highest BCUT2D eigenvalue weighted by Crippen LogP contribution is 2.22. The van der Waals surface area contributed by atoms with Gasteiger partial charge in [0.1, 0.15) is 5.75 Å². The van der Waals surface area contributed by atoms with Gasteiger partial charge in [0.15, 0.2) is 0 Å². The SMILES string of the molecule is O=C(Oc1ccc(CCl)c(CCl)c1)c1ccc(-n2[nH]nnc2=S)cc1. The lowest BCUT2D eigenvalue weighted by atomic mass is 10.1. The number of benzene rings is 2. The van der Waals surface area contributed by atoms with Crippen LogP contribution < -0.4 is 4.74 Å². The van der Waals surface area contributed by atoms with Crippen molar-refractivity contribution in [1.82, 2.24) is 20.2 Å². The molecular weight excluding hydrogens is 383 g/mol. The number of esters is 1. The largest absolute Gasteiger partial charge is 0.423 e. The van der Waals surface area contributed by atoms with Crippen LogP contribution in [0.5, 0.6) is 5.75 Å². The van der Waals surface area contributed by atoms with Gasteiger partial charge in [-0.25, -0.2) is 9.48 Å². The molecule has 0 spiro atoms. The second-order valence-corrected chi connectivity index (χ2v) is 5.95. The minimum atomic E-state index is -0.475. The fourth-order valence-electron chi connectivity index (χ4n) is 2.20. The zero-order valence-corrected chi connectivity index (χ0v) is 15.1. The summed E-state index contributed by atoms with van der Waals surface area (Å²) < 4.78 is 7.21. The molecule has 0 atom stereocenters. The Hall–Kier alpha value is -2.22. The highest BCUT2D eigenvalue weighted by atomic mass is 35.5. The smallest absolute Gasteiger partial charge is 0.343 e. The fraction of sp³-hybridized carbons (Fsp3) is 0.125. The summed E-state index contributed by atoms with van der Waals surface area (Å²) in [5, 5.41) is 9.96. The van der Waals surface area contributed by atoms with Gasteiger partial charge in [-0.3, -0.25) is 0 Å². The molecule has 0 aliphatic carbocycles. The Labute approximate surface area is 158 Å². The van der Waals surface area contributed by atoms with Crippen molar-refractivity contribution in [2.75, 3.05) is 0 Å². The van der Waals surface area contributed by atoms with Crippen LogP contribution in [-0.2, 0) is 11.8 Å². The predicted octanol–water partition coefficient (Wildman–Crippen LogP) is 4.02. The van der Waals surface area contributed by atoms with Crippen LogP contribution in [0.1, 0.15) is 21.5 Å². The van der Waals surface area contributed by atoms with E-state index in [0.717, 1.165) is 11.1 Å². The second-order valence-electron chi connectivity index (χ2n) is 5.05. The minimum absolute atomic E-state index is 0.293. The van der Waals surface area contributed by atoms with Crippen LogP contribution in [0.4, 0.5) is 0 Å². The third-order valence-corrected chi connectivity index (χ3v) is 4.35. The topological polar surface area (TPSA) is 72.8 Å². The molecule has 6 nitrogen and oxygen atoms in total. The average Bonchev–Trinajstić information content (AvgIpc) is 3.07. The standard InChI is InChI=1S/C16H12Cl2N4O2S/c17-8-11-3-6-14(7-12(11)9-18)24-15(23)10-1-4-13(5-2-10)22-16(25)19-20-21-22/h1-7H,8-9H2,(H,19,21,25). The number of nitrogens with zero attached hydrogens (tertiary/aromatic N) is 3. The van der Waals surface area contributed by atoms with Gasteiger partial charge < -0.3 is 4.74 Å². The van der Waals surface area contributed by atoms with Gasteiger partial charge in [-0.15, -0.1) is 23.2 Å². The normalized spacial score (nSPS) is 10.6. The zero-order valence-electron chi connectivity index (χ0n) is 12.8. The molecular formula is C16H12Cl2N4O2S. The lowest BCUT2D eigenvalue weighted by Crippen LogP contribution is -2.09. The van der Waals surface area contributed by atoms with Gasteiger partial charge in [-0.05, 0) is 59.7 Å². The lowest BCUT2D eigenvalue weighted by Gasteiger charge is -2.09. The van der Waals surface area contributed by atoms with E-state index in [1.165, 1.54) is 4.68 Å². The minimum Gasteiger partial charge on any atom is -0.423 e. The Kier molecular flexibility index (Phi) is 5.47. The number of ether oxygens (including phenoxy) is 1. The molecule has 0 unspecified atom stereocenters. The molecule has 1 N–H and O–H groups in total. The van der Waals surface area contributed by atoms with Crippen molar-refractivity contribution >= 4 is 41.4 Å². The van der Waals surface area contributed by atoms with Crippen molar-refractivity contribution < 1.29 is 9.53 Å². The van der Waals surface area contributed by atoms with E-state index >= 15 is 0 Å². The quantitative estimate of drug-likeness (QED) is 0.306. The molecule has 3 rings (SSSR count). The predicted molar refractivity (Wildman–Crippen MR) is 97.1 cm³/mol. The van der Waals surface area contributed by atoms with Crippen molar-refractivity contribution in [1.29, 1.82) is 0 Å². The third-order valence-electron chi connectivity index (χ3n) is 3.51. The Morgan fingerprint density at radius 1 is 1.12 bits per heavy atom. The van der Waals surface area contributed by atoms with E-state index in [9.17, 15) is 4.79 Å². The first-order chi connectivity index (χ1) is 12.1. The van der Waals surface area contributed by atoms with Gasteiger partial charge >= 0.3 is 5.97 Å². The van der Waals surface area contributed by atoms with E-state index in [1.54, 1.807) is 42.5 Å². The number of nitrogens with one attached hydrogen (secondary N) is 1. The number of halogens is 2. The molecule has 0 radical (unpaired) electrons. The summed E-state index contributed by atoms with van der Waals surface area (Å²) in [6.45, 7) is 0. The number of carbonyl (C=O) groups is 1. The maximum absolute atomic E-state index is 12.3. The van der Waals surface area contributed by atoms with Crippen LogP contribution >= 0.6 is 35.4 Å². The molecule has 9 heteroatoms. The summed E-state index contributed by atoms with van der Waals surface area (Å²) in [6.07, 6.45) is 0. The Morgan fingerprint density at radius 2 is 1.84 bits per heavy atom. The molecule has 0 aliphatic rings. The molecule has 0 bridgehead atoms. The van der Waals surface area contributed by atoms with E-state index in [-0.39, 0.29) is 0 Å². The van der Waals surface area contributed by atoms with Crippen LogP contribution in [0, 0.1) is 4.77 Å². The van der Waals surface area contributed by atoms with Gasteiger partial charge in [0.25, 0.3) is 0 Å². The van der Waals surface area contributed by atoms with Gasteiger partial charge in [0.2, 0.25) is 4.77 Å². The first kappa shape index (κ1) is 17.6. The molecule has 1 heterocycles. The van der Waals surface area contributed by atoms with Crippen molar-refractivity contribution in [3.63, 3.8) is 0 Å². The number of aromatic amines is 1. The number of tetrazole rings is 1. The monoisotopic (exact) mass is 394 g/mol. The Morgan fingerprint density at radius 3 is 2.44 bits per heavy atom. The second kappa shape index (κ2) is 7.77. The summed E-state index contributed by atoms with van der Waals surface area (Å²) >= 11 is 16.8. The summed E-state index contributed by atoms with van der Waals surface area (Å²) in [6, 6.07) is 11.9. The zero-order chi connectivity index (χ0) is 17.8. The van der Waals surface area contributed by atoms with Crippen LogP contribution in [-0.4, -0.2) is 26.2 Å². The fourth-order valence-corrected chi connectivity index (χ4v) is 2.90. The van der Waals surface area contributed by atoms with E-state index in [2.05, 4.69) is 15.5 Å². The molecule has 3 aromatic rings. The molecule has 128 valence electrons. The summed E-state index contributed by atoms with van der Waals surface area (Å²) in [7, 11) is 0. The number of rotatable bonds is 5. The highest BCUT2D eigenvalue weighted by Gasteiger charge is 2.11. The molecule has 1 aromatic heterocycles. The van der Waals surface area contributed by atoms with Gasteiger partial charge in [-0.1, -0.05) is 16.4 Å². The van der Waals surface area contributed by atoms with E-state index < -0.39 is 5.97 Å². The maximum atomic E-state index is 12.3. The van der Waals surface area contributed by atoms with Crippen LogP contribution in [0.15, 0.2) is 42.5 Å². The van der Waals surface area contributed by atoms with Crippen molar-refractivity contribution in [2.45, 2.75) is 11.8 Å². The number of carbonyl (C=O) groups excluding carboxylic acids is 1. The van der Waals surface area contributed by atoms with E-state index in [0.29, 0.717) is 33.5 Å². The summed E-state index contributed by atoms with van der Waals surface area (Å²) in [5.74, 6) is 0.583. The van der Waals surface area contributed by atoms with E-state index in [4.69, 9.17) is 40.2 Å². The van der Waals surface area contributed by atoms with Crippen molar-refractivity contribution in [3.05, 3.63) is 63.9 Å². The van der Waals surface area contributed by atoms with E-state index in [1.807, 2.05) is 0 Å². The summed E-state index contributed by atoms with van der Waals surface area (Å²) in [4.78, 5) is 12.3. The number of hydrogen-bond donors (Lipinski definition) is 1. The maximum Gasteiger partial charge on any atom is 0.343 e. The lowest BCUT2D eigenvalue weighted by molar-refractivity contribution is 0.0734. The summed E-state index contributed by atoms with van der Waals surface area (Å²) in [5.41, 5.74) is 2.85. The Bertz CT molecular complexity index is 953. The molecule has 2 aromatic carbocycles. The number of hydrogen-bond acceptors (Lipinski definition) is 5. The highest BCUT2D eigenvalue weighted by molar-refractivity contribution is 7.71. The third kappa shape index (κ3) is 3.89. The van der Waals surface area contributed by atoms with Gasteiger partial charge in [-0.2, -0.15) is 5.21 Å². The molecule has 0 amide bonds. The van der Waals surface area contributed by atoms with Crippen LogP contribution in [0.2, 0.25) is 0 Å². The first-order valence-corrected chi connectivity index (χ1v) is 8.66. The van der Waals surface area contributed by atoms with Gasteiger partial charge in [0.05, 0.1) is 11.3 Å². The molecule has 0 saturated heterocycles. The number of aromatic nitrogens is 4. The van der Waals surface area contributed by atoms with Crippen molar-refractivity contribution in [2.24, 2.45) is 0 Å². The van der Waals surface area contributed by atoms with Crippen molar-refractivity contribution in [3.8, 4) is 11.4 Å².